The highest BCUT2D eigenvalue weighted by atomic mass is 35.5. The number of piperazine rings is 1. The van der Waals surface area contributed by atoms with Crippen LogP contribution in [0.1, 0.15) is 31.9 Å². The van der Waals surface area contributed by atoms with Crippen molar-refractivity contribution in [3.63, 3.8) is 0 Å². The summed E-state index contributed by atoms with van der Waals surface area (Å²) in [4.78, 5) is 11.9. The van der Waals surface area contributed by atoms with Gasteiger partial charge in [-0.3, -0.25) is 14.5 Å². The molecule has 0 radical (unpaired) electrons. The average Bonchev–Trinajstić information content (AvgIpc) is 3.26. The average molecular weight is 532 g/mol. The molecule has 0 bridgehead atoms. The molecule has 36 heavy (non-hydrogen) atoms. The maximum atomic E-state index is 11.5. The van der Waals surface area contributed by atoms with Crippen LogP contribution in [0.3, 0.4) is 0 Å². The predicted molar refractivity (Wildman–Crippen MR) is 145 cm³/mol. The standard InChI is InChI=1S/C26H34ClN5O3S/c1-3-21-17-31(26-24(27)15-20(16-28-26)29-36(2,33)34)12-13-32(21)22-8-10-30(11-9-22)18-23-14-19-6-4-5-7-25(19)35-23/h4-7,14-16,21-22,29H,3,8-13,17-18H2,1-2H3/t21-/m0/s1. The minimum Gasteiger partial charge on any atom is -0.460 e. The summed E-state index contributed by atoms with van der Waals surface area (Å²) in [6.07, 6.45) is 6.01. The molecule has 0 aliphatic carbocycles. The van der Waals surface area contributed by atoms with Gasteiger partial charge in [0.2, 0.25) is 10.0 Å². The summed E-state index contributed by atoms with van der Waals surface area (Å²) in [6.45, 7) is 7.92. The Morgan fingerprint density at radius 2 is 1.92 bits per heavy atom. The van der Waals surface area contributed by atoms with Gasteiger partial charge in [0.15, 0.2) is 0 Å². The number of benzene rings is 1. The summed E-state index contributed by atoms with van der Waals surface area (Å²) in [5.74, 6) is 1.76. The Morgan fingerprint density at radius 1 is 1.14 bits per heavy atom. The van der Waals surface area contributed by atoms with Crippen LogP contribution in [0.5, 0.6) is 0 Å². The molecule has 194 valence electrons. The van der Waals surface area contributed by atoms with Crippen LogP contribution in [0.4, 0.5) is 11.5 Å². The highest BCUT2D eigenvalue weighted by Crippen LogP contribution is 2.31. The van der Waals surface area contributed by atoms with Crippen molar-refractivity contribution < 1.29 is 12.8 Å². The molecule has 4 heterocycles. The summed E-state index contributed by atoms with van der Waals surface area (Å²) < 4.78 is 31.5. The van der Waals surface area contributed by atoms with Gasteiger partial charge in [0, 0.05) is 50.2 Å². The Labute approximate surface area is 218 Å². The summed E-state index contributed by atoms with van der Waals surface area (Å²) in [7, 11) is -3.37. The molecule has 1 aromatic carbocycles. The number of fused-ring (bicyclic) bond motifs is 1. The van der Waals surface area contributed by atoms with Gasteiger partial charge in [0.25, 0.3) is 0 Å². The molecule has 0 saturated carbocycles. The fourth-order valence-corrected chi connectivity index (χ4v) is 6.41. The second-order valence-electron chi connectivity index (χ2n) is 9.91. The van der Waals surface area contributed by atoms with Crippen LogP contribution in [0.15, 0.2) is 47.0 Å². The smallest absolute Gasteiger partial charge is 0.229 e. The highest BCUT2D eigenvalue weighted by molar-refractivity contribution is 7.92. The number of nitrogens with zero attached hydrogens (tertiary/aromatic N) is 4. The van der Waals surface area contributed by atoms with Crippen LogP contribution in [0, 0.1) is 0 Å². The van der Waals surface area contributed by atoms with Crippen LogP contribution >= 0.6 is 11.6 Å². The number of likely N-dealkylation sites (tertiary alicyclic amines) is 1. The first-order valence-corrected chi connectivity index (χ1v) is 14.9. The van der Waals surface area contributed by atoms with Crippen LogP contribution in [-0.2, 0) is 16.6 Å². The monoisotopic (exact) mass is 531 g/mol. The summed E-state index contributed by atoms with van der Waals surface area (Å²) in [5, 5.41) is 1.63. The zero-order chi connectivity index (χ0) is 25.3. The van der Waals surface area contributed by atoms with E-state index in [-0.39, 0.29) is 0 Å². The fraction of sp³-hybridized carbons (Fsp3) is 0.500. The van der Waals surface area contributed by atoms with Crippen molar-refractivity contribution in [3.05, 3.63) is 53.4 Å². The third kappa shape index (κ3) is 5.80. The van der Waals surface area contributed by atoms with Crippen molar-refractivity contribution in [2.45, 2.75) is 44.8 Å². The third-order valence-corrected chi connectivity index (χ3v) is 8.19. The van der Waals surface area contributed by atoms with Gasteiger partial charge >= 0.3 is 0 Å². The lowest BCUT2D eigenvalue weighted by Crippen LogP contribution is -2.58. The molecule has 2 saturated heterocycles. The Balaban J connectivity index is 1.17. The minimum atomic E-state index is -3.37. The summed E-state index contributed by atoms with van der Waals surface area (Å²) in [6, 6.07) is 13.0. The molecule has 2 aromatic heterocycles. The Bertz CT molecular complexity index is 1270. The van der Waals surface area contributed by atoms with E-state index < -0.39 is 10.0 Å². The number of hydrogen-bond donors (Lipinski definition) is 1. The molecule has 2 aliphatic rings. The molecule has 2 fully saturated rings. The minimum absolute atomic E-state index is 0.381. The van der Waals surface area contributed by atoms with Crippen LogP contribution in [-0.4, -0.2) is 74.3 Å². The van der Waals surface area contributed by atoms with E-state index in [0.29, 0.717) is 22.8 Å². The lowest BCUT2D eigenvalue weighted by molar-refractivity contribution is 0.0593. The first-order valence-electron chi connectivity index (χ1n) is 12.6. The first kappa shape index (κ1) is 25.3. The van der Waals surface area contributed by atoms with Crippen molar-refractivity contribution in [2.24, 2.45) is 0 Å². The second kappa shape index (κ2) is 10.6. The number of anilines is 2. The molecule has 2 aliphatic heterocycles. The number of hydrogen-bond acceptors (Lipinski definition) is 7. The quantitative estimate of drug-likeness (QED) is 0.483. The summed E-state index contributed by atoms with van der Waals surface area (Å²) >= 11 is 6.51. The topological polar surface area (TPSA) is 81.9 Å². The van der Waals surface area contributed by atoms with Crippen molar-refractivity contribution >= 4 is 44.1 Å². The van der Waals surface area contributed by atoms with Crippen LogP contribution in [0.25, 0.3) is 11.0 Å². The number of pyridine rings is 1. The van der Waals surface area contributed by atoms with E-state index in [1.807, 2.05) is 18.2 Å². The SMILES string of the molecule is CC[C@H]1CN(c2ncc(NS(C)(=O)=O)cc2Cl)CCN1C1CCN(Cc2cc3ccccc3o2)CC1. The largest absolute Gasteiger partial charge is 0.460 e. The van der Waals surface area contributed by atoms with E-state index >= 15 is 0 Å². The van der Waals surface area contributed by atoms with E-state index in [2.05, 4.69) is 43.5 Å². The van der Waals surface area contributed by atoms with Crippen molar-refractivity contribution in [1.29, 1.82) is 0 Å². The third-order valence-electron chi connectivity index (χ3n) is 7.31. The number of sulfonamides is 1. The van der Waals surface area contributed by atoms with E-state index in [1.165, 1.54) is 11.6 Å². The lowest BCUT2D eigenvalue weighted by atomic mass is 9.98. The van der Waals surface area contributed by atoms with Crippen molar-refractivity contribution in [1.82, 2.24) is 14.8 Å². The van der Waals surface area contributed by atoms with E-state index in [1.54, 1.807) is 6.07 Å². The molecule has 3 aromatic rings. The molecule has 0 unspecified atom stereocenters. The summed E-state index contributed by atoms with van der Waals surface area (Å²) in [5.41, 5.74) is 1.34. The number of nitrogens with one attached hydrogen (secondary N) is 1. The molecule has 0 amide bonds. The molecule has 1 N–H and O–H groups in total. The molecule has 0 spiro atoms. The zero-order valence-electron chi connectivity index (χ0n) is 20.9. The Hall–Kier alpha value is -2.33. The van der Waals surface area contributed by atoms with E-state index in [4.69, 9.17) is 16.0 Å². The molecule has 1 atom stereocenters. The van der Waals surface area contributed by atoms with Gasteiger partial charge in [0.1, 0.15) is 17.2 Å². The van der Waals surface area contributed by atoms with Gasteiger partial charge in [0.05, 0.1) is 29.7 Å². The van der Waals surface area contributed by atoms with Gasteiger partial charge in [-0.15, -0.1) is 0 Å². The second-order valence-corrected chi connectivity index (χ2v) is 12.1. The van der Waals surface area contributed by atoms with Gasteiger partial charge in [-0.05, 0) is 37.5 Å². The molecular weight excluding hydrogens is 498 g/mol. The number of para-hydroxylation sites is 1. The molecule has 10 heteroatoms. The number of furan rings is 1. The molecular formula is C26H34ClN5O3S. The normalized spacial score (nSPS) is 20.8. The van der Waals surface area contributed by atoms with E-state index in [0.717, 1.165) is 81.9 Å². The van der Waals surface area contributed by atoms with Gasteiger partial charge in [-0.2, -0.15) is 0 Å². The lowest BCUT2D eigenvalue weighted by Gasteiger charge is -2.47. The van der Waals surface area contributed by atoms with Crippen molar-refractivity contribution in [3.8, 4) is 0 Å². The number of rotatable bonds is 7. The molecule has 8 nitrogen and oxygen atoms in total. The van der Waals surface area contributed by atoms with Crippen molar-refractivity contribution in [2.75, 3.05) is 48.6 Å². The first-order chi connectivity index (χ1) is 17.3. The Morgan fingerprint density at radius 3 is 2.61 bits per heavy atom. The highest BCUT2D eigenvalue weighted by Gasteiger charge is 2.34. The van der Waals surface area contributed by atoms with Gasteiger partial charge in [-0.25, -0.2) is 13.4 Å². The van der Waals surface area contributed by atoms with Gasteiger partial charge < -0.3 is 9.32 Å². The fourth-order valence-electron chi connectivity index (χ4n) is 5.58. The van der Waals surface area contributed by atoms with Crippen LogP contribution in [0.2, 0.25) is 5.02 Å². The number of aromatic nitrogens is 1. The predicted octanol–water partition coefficient (Wildman–Crippen LogP) is 4.42. The van der Waals surface area contributed by atoms with Gasteiger partial charge in [-0.1, -0.05) is 36.7 Å². The number of piperidine rings is 1. The Kier molecular flexibility index (Phi) is 7.44. The van der Waals surface area contributed by atoms with Crippen LogP contribution < -0.4 is 9.62 Å². The number of halogens is 1. The maximum absolute atomic E-state index is 11.5. The zero-order valence-corrected chi connectivity index (χ0v) is 22.4. The van der Waals surface area contributed by atoms with E-state index in [9.17, 15) is 8.42 Å². The molecule has 5 rings (SSSR count). The maximum Gasteiger partial charge on any atom is 0.229 e.